The van der Waals surface area contributed by atoms with Crippen LogP contribution < -0.4 is 0 Å². The molecular formula is C19H24N6O. The second-order valence-corrected chi connectivity index (χ2v) is 7.77. The molecule has 136 valence electrons. The van der Waals surface area contributed by atoms with Crippen molar-refractivity contribution in [2.24, 2.45) is 13.0 Å². The van der Waals surface area contributed by atoms with E-state index in [1.807, 2.05) is 13.2 Å². The number of carbonyl (C=O) groups excluding carboxylic acids is 1. The van der Waals surface area contributed by atoms with Gasteiger partial charge in [0.05, 0.1) is 29.7 Å². The van der Waals surface area contributed by atoms with Crippen LogP contribution in [0.4, 0.5) is 0 Å². The van der Waals surface area contributed by atoms with Gasteiger partial charge in [0.1, 0.15) is 0 Å². The normalized spacial score (nSPS) is 20.5. The van der Waals surface area contributed by atoms with Gasteiger partial charge in [0.2, 0.25) is 0 Å². The van der Waals surface area contributed by atoms with Gasteiger partial charge in [0.15, 0.2) is 11.3 Å². The fourth-order valence-electron chi connectivity index (χ4n) is 4.10. The number of carbonyl (C=O) groups is 1. The van der Waals surface area contributed by atoms with Crippen molar-refractivity contribution in [3.63, 3.8) is 0 Å². The zero-order chi connectivity index (χ0) is 18.1. The van der Waals surface area contributed by atoms with Gasteiger partial charge < -0.3 is 0 Å². The Kier molecular flexibility index (Phi) is 4.35. The van der Waals surface area contributed by atoms with Gasteiger partial charge in [-0.3, -0.25) is 9.48 Å². The van der Waals surface area contributed by atoms with Crippen molar-refractivity contribution in [1.29, 1.82) is 5.26 Å². The molecule has 2 aromatic heterocycles. The minimum Gasteiger partial charge on any atom is -0.294 e. The van der Waals surface area contributed by atoms with Gasteiger partial charge in [0, 0.05) is 25.6 Å². The van der Waals surface area contributed by atoms with E-state index in [9.17, 15) is 10.1 Å². The van der Waals surface area contributed by atoms with Crippen LogP contribution in [0.3, 0.4) is 0 Å². The summed E-state index contributed by atoms with van der Waals surface area (Å²) in [5, 5.41) is 22.1. The Balaban J connectivity index is 1.58. The first-order chi connectivity index (χ1) is 12.6. The number of Topliss-reactive ketones (excluding diaryl/α,β-unsaturated/α-hetero) is 1. The quantitative estimate of drug-likeness (QED) is 0.746. The zero-order valence-corrected chi connectivity index (χ0v) is 15.1. The standard InChI is InChI=1S/C19H24N6O/c1-24-11-15(10-21-24)18(26)9-16(14-5-3-2-4-6-14)17-12-25(23-22-17)19(13-20)7-8-19/h10-12,14,16H,2-9H2,1H3/t16-/m0/s1. The lowest BCUT2D eigenvalue weighted by atomic mass is 9.76. The molecule has 2 heterocycles. The van der Waals surface area contributed by atoms with Crippen molar-refractivity contribution in [2.75, 3.05) is 0 Å². The summed E-state index contributed by atoms with van der Waals surface area (Å²) >= 11 is 0. The third-order valence-electron chi connectivity index (χ3n) is 5.91. The molecular weight excluding hydrogens is 328 g/mol. The van der Waals surface area contributed by atoms with Crippen LogP contribution in [0.25, 0.3) is 0 Å². The second-order valence-electron chi connectivity index (χ2n) is 7.77. The van der Waals surface area contributed by atoms with Crippen LogP contribution in [0.5, 0.6) is 0 Å². The van der Waals surface area contributed by atoms with Gasteiger partial charge in [-0.25, -0.2) is 4.68 Å². The molecule has 0 spiro atoms. The largest absolute Gasteiger partial charge is 0.294 e. The first-order valence-electron chi connectivity index (χ1n) is 9.47. The third-order valence-corrected chi connectivity index (χ3v) is 5.91. The molecule has 0 aromatic carbocycles. The molecule has 7 nitrogen and oxygen atoms in total. The highest BCUT2D eigenvalue weighted by atomic mass is 16.1. The van der Waals surface area contributed by atoms with Gasteiger partial charge >= 0.3 is 0 Å². The van der Waals surface area contributed by atoms with Gasteiger partial charge in [-0.2, -0.15) is 10.4 Å². The molecule has 2 saturated carbocycles. The molecule has 2 aliphatic carbocycles. The molecule has 2 aromatic rings. The highest BCUT2D eigenvalue weighted by Crippen LogP contribution is 2.43. The first-order valence-corrected chi connectivity index (χ1v) is 9.47. The van der Waals surface area contributed by atoms with E-state index < -0.39 is 5.54 Å². The average molecular weight is 352 g/mol. The lowest BCUT2D eigenvalue weighted by Crippen LogP contribution is -2.20. The molecule has 0 bridgehead atoms. The van der Waals surface area contributed by atoms with E-state index in [0.717, 1.165) is 31.4 Å². The van der Waals surface area contributed by atoms with E-state index in [1.54, 1.807) is 21.8 Å². The van der Waals surface area contributed by atoms with Crippen molar-refractivity contribution < 1.29 is 4.79 Å². The molecule has 0 amide bonds. The number of nitrogens with zero attached hydrogens (tertiary/aromatic N) is 6. The van der Waals surface area contributed by atoms with E-state index in [0.29, 0.717) is 17.9 Å². The molecule has 0 aliphatic heterocycles. The Hall–Kier alpha value is -2.49. The summed E-state index contributed by atoms with van der Waals surface area (Å²) in [6, 6.07) is 2.35. The molecule has 0 unspecified atom stereocenters. The maximum atomic E-state index is 12.8. The van der Waals surface area contributed by atoms with Crippen molar-refractivity contribution in [3.8, 4) is 6.07 Å². The molecule has 7 heteroatoms. The Bertz CT molecular complexity index is 834. The van der Waals surface area contributed by atoms with Gasteiger partial charge in [-0.1, -0.05) is 24.5 Å². The Morgan fingerprint density at radius 1 is 1.35 bits per heavy atom. The SMILES string of the molecule is Cn1cc(C(=O)C[C@H](c2cn(C3(C#N)CC3)nn2)C2CCCCC2)cn1. The summed E-state index contributed by atoms with van der Waals surface area (Å²) in [6.07, 6.45) is 13.3. The lowest BCUT2D eigenvalue weighted by Gasteiger charge is -2.28. The number of aryl methyl sites for hydroxylation is 1. The smallest absolute Gasteiger partial charge is 0.166 e. The van der Waals surface area contributed by atoms with Gasteiger partial charge in [-0.15, -0.1) is 5.10 Å². The van der Waals surface area contributed by atoms with Crippen molar-refractivity contribution in [3.05, 3.63) is 29.8 Å². The van der Waals surface area contributed by atoms with E-state index >= 15 is 0 Å². The number of aromatic nitrogens is 5. The van der Waals surface area contributed by atoms with Crippen molar-refractivity contribution >= 4 is 5.78 Å². The minimum absolute atomic E-state index is 0.0613. The maximum Gasteiger partial charge on any atom is 0.166 e. The highest BCUT2D eigenvalue weighted by molar-refractivity contribution is 5.96. The minimum atomic E-state index is -0.504. The maximum absolute atomic E-state index is 12.8. The Morgan fingerprint density at radius 3 is 2.73 bits per heavy atom. The van der Waals surface area contributed by atoms with Crippen LogP contribution in [-0.4, -0.2) is 30.6 Å². The van der Waals surface area contributed by atoms with E-state index in [2.05, 4.69) is 21.5 Å². The van der Waals surface area contributed by atoms with Crippen LogP contribution in [0.1, 0.15) is 73.3 Å². The molecule has 2 fully saturated rings. The fraction of sp³-hybridized carbons (Fsp3) is 0.632. The monoisotopic (exact) mass is 352 g/mol. The molecule has 2 aliphatic rings. The number of hydrogen-bond acceptors (Lipinski definition) is 5. The Labute approximate surface area is 153 Å². The zero-order valence-electron chi connectivity index (χ0n) is 15.1. The Morgan fingerprint density at radius 2 is 2.12 bits per heavy atom. The number of hydrogen-bond donors (Lipinski definition) is 0. The van der Waals surface area contributed by atoms with Crippen molar-refractivity contribution in [2.45, 2.75) is 62.8 Å². The van der Waals surface area contributed by atoms with Crippen LogP contribution in [-0.2, 0) is 12.6 Å². The molecule has 4 rings (SSSR count). The summed E-state index contributed by atoms with van der Waals surface area (Å²) < 4.78 is 3.37. The van der Waals surface area contributed by atoms with Crippen LogP contribution in [0, 0.1) is 17.2 Å². The molecule has 1 atom stereocenters. The van der Waals surface area contributed by atoms with Crippen LogP contribution in [0.2, 0.25) is 0 Å². The second kappa shape index (κ2) is 6.67. The molecule has 0 N–H and O–H groups in total. The predicted octanol–water partition coefficient (Wildman–Crippen LogP) is 2.96. The summed E-state index contributed by atoms with van der Waals surface area (Å²) in [5.41, 5.74) is 1.00. The predicted molar refractivity (Wildman–Crippen MR) is 94.3 cm³/mol. The first kappa shape index (κ1) is 17.0. The number of ketones is 1. The topological polar surface area (TPSA) is 89.4 Å². The third kappa shape index (κ3) is 3.16. The van der Waals surface area contributed by atoms with E-state index in [4.69, 9.17) is 0 Å². The van der Waals surface area contributed by atoms with Crippen LogP contribution in [0.15, 0.2) is 18.6 Å². The van der Waals surface area contributed by atoms with Crippen LogP contribution >= 0.6 is 0 Å². The molecule has 0 radical (unpaired) electrons. The van der Waals surface area contributed by atoms with Crippen molar-refractivity contribution in [1.82, 2.24) is 24.8 Å². The summed E-state index contributed by atoms with van der Waals surface area (Å²) in [6.45, 7) is 0. The average Bonchev–Trinajstić information content (AvgIpc) is 3.09. The van der Waals surface area contributed by atoms with E-state index in [-0.39, 0.29) is 11.7 Å². The number of rotatable bonds is 6. The summed E-state index contributed by atoms with van der Waals surface area (Å²) in [4.78, 5) is 12.8. The summed E-state index contributed by atoms with van der Waals surface area (Å²) in [5.74, 6) is 0.614. The highest BCUT2D eigenvalue weighted by Gasteiger charge is 2.47. The summed E-state index contributed by atoms with van der Waals surface area (Å²) in [7, 11) is 1.82. The van der Waals surface area contributed by atoms with Gasteiger partial charge in [-0.05, 0) is 31.6 Å². The molecule has 26 heavy (non-hydrogen) atoms. The van der Waals surface area contributed by atoms with Gasteiger partial charge in [0.25, 0.3) is 0 Å². The number of nitriles is 1. The fourth-order valence-corrected chi connectivity index (χ4v) is 4.10. The molecule has 0 saturated heterocycles. The lowest BCUT2D eigenvalue weighted by molar-refractivity contribution is 0.0957. The van der Waals surface area contributed by atoms with E-state index in [1.165, 1.54) is 19.3 Å².